The van der Waals surface area contributed by atoms with Crippen molar-refractivity contribution in [1.82, 2.24) is 0 Å². The van der Waals surface area contributed by atoms with E-state index in [-0.39, 0.29) is 13.4 Å². The third-order valence-electron chi connectivity index (χ3n) is 22.8. The van der Waals surface area contributed by atoms with Crippen molar-refractivity contribution in [3.63, 3.8) is 0 Å². The Hall–Kier alpha value is -12.7. The van der Waals surface area contributed by atoms with Crippen molar-refractivity contribution in [2.75, 3.05) is 24.5 Å². The summed E-state index contributed by atoms with van der Waals surface area (Å²) >= 11 is 7.45. The second kappa shape index (κ2) is 23.4. The highest BCUT2D eigenvalue weighted by Gasteiger charge is 2.49. The van der Waals surface area contributed by atoms with E-state index in [1.165, 1.54) is 103 Å². The highest BCUT2D eigenvalue weighted by Crippen LogP contribution is 2.56. The highest BCUT2D eigenvalue weighted by molar-refractivity contribution is 7.27. The number of hydrogen-bond acceptors (Lipinski definition) is 10. The molecule has 0 saturated heterocycles. The standard InChI is InChI=1S/C96H57B2N5OS4/c1-4-26-58(27-5-1)99(72-39-22-48-87-91(72)63-32-10-18-44-83(63)105-87)61-52-78-95-79(53-61)102(74-41-24-50-89-93(74)65-34-12-20-46-85(65)107-89)71-38-16-14-36-67(71)97(95)69-56-70-77(57-76(69)101(78)60-30-8-3-9-31-60)103(75-42-25-51-90-94(75)66-35-13-21-47-86(66)108-90)80-54-62(55-82-96(80)98(70)68-37-15-17-43-81(68)104-82)100(59-28-6-2-7-29-59)73-40-23-49-88-92(73)64-33-11-19-45-84(64)106-88/h1-57H. The summed E-state index contributed by atoms with van der Waals surface area (Å²) in [6.45, 7) is -0.488. The van der Waals surface area contributed by atoms with E-state index in [9.17, 15) is 0 Å². The molecule has 4 aliphatic rings. The quantitative estimate of drug-likeness (QED) is 0.134. The molecule has 0 N–H and O–H groups in total. The van der Waals surface area contributed by atoms with Gasteiger partial charge in [-0.3, -0.25) is 0 Å². The van der Waals surface area contributed by atoms with E-state index in [1.54, 1.807) is 0 Å². The smallest absolute Gasteiger partial charge is 0.256 e. The van der Waals surface area contributed by atoms with E-state index < -0.39 is 0 Å². The van der Waals surface area contributed by atoms with Crippen molar-refractivity contribution < 1.29 is 4.74 Å². The average molecular weight is 1450 g/mol. The minimum Gasteiger partial charge on any atom is -0.458 e. The molecule has 0 spiro atoms. The number of rotatable bonds is 9. The van der Waals surface area contributed by atoms with Gasteiger partial charge < -0.3 is 29.2 Å². The van der Waals surface area contributed by atoms with Crippen LogP contribution in [0, 0.1) is 0 Å². The lowest BCUT2D eigenvalue weighted by molar-refractivity contribution is 0.487. The van der Waals surface area contributed by atoms with Gasteiger partial charge in [0.05, 0.1) is 34.1 Å². The van der Waals surface area contributed by atoms with Gasteiger partial charge in [0.1, 0.15) is 11.5 Å². The van der Waals surface area contributed by atoms with Crippen LogP contribution in [0.15, 0.2) is 346 Å². The molecule has 0 amide bonds. The molecule has 16 aromatic carbocycles. The number of anilines is 15. The van der Waals surface area contributed by atoms with Gasteiger partial charge in [-0.1, -0.05) is 194 Å². The van der Waals surface area contributed by atoms with Gasteiger partial charge in [0.15, 0.2) is 0 Å². The molecule has 0 bridgehead atoms. The first-order chi connectivity index (χ1) is 53.6. The number of nitrogens with zero attached hydrogens (tertiary/aromatic N) is 5. The fraction of sp³-hybridized carbons (Fsp3) is 0. The van der Waals surface area contributed by atoms with Crippen molar-refractivity contribution in [3.05, 3.63) is 346 Å². The van der Waals surface area contributed by atoms with Crippen LogP contribution in [0.3, 0.4) is 0 Å². The van der Waals surface area contributed by atoms with Crippen LogP contribution in [0.4, 0.5) is 85.3 Å². The molecule has 0 unspecified atom stereocenters. The van der Waals surface area contributed by atoms with Crippen LogP contribution in [0.25, 0.3) is 80.7 Å². The lowest BCUT2D eigenvalue weighted by Gasteiger charge is -2.47. The molecule has 0 radical (unpaired) electrons. The Morgan fingerprint density at radius 3 is 1.16 bits per heavy atom. The van der Waals surface area contributed by atoms with Crippen LogP contribution >= 0.6 is 45.3 Å². The van der Waals surface area contributed by atoms with Gasteiger partial charge in [0, 0.05) is 138 Å². The van der Waals surface area contributed by atoms with Crippen LogP contribution in [0.5, 0.6) is 11.5 Å². The first-order valence-electron chi connectivity index (χ1n) is 36.8. The summed E-state index contributed by atoms with van der Waals surface area (Å²) in [4.78, 5) is 12.9. The summed E-state index contributed by atoms with van der Waals surface area (Å²) < 4.78 is 17.6. The average Bonchev–Trinajstić information content (AvgIpc) is 1.22. The lowest BCUT2D eigenvalue weighted by Crippen LogP contribution is -2.64. The summed E-state index contributed by atoms with van der Waals surface area (Å²) in [6.07, 6.45) is 0. The zero-order valence-electron chi connectivity index (χ0n) is 57.8. The van der Waals surface area contributed by atoms with Crippen molar-refractivity contribution in [3.8, 4) is 11.5 Å². The molecule has 0 aliphatic carbocycles. The maximum absolute atomic E-state index is 7.59. The van der Waals surface area contributed by atoms with Crippen LogP contribution in [-0.2, 0) is 0 Å². The third-order valence-corrected chi connectivity index (χ3v) is 27.3. The summed E-state index contributed by atoms with van der Waals surface area (Å²) in [6, 6.07) is 130. The predicted molar refractivity (Wildman–Crippen MR) is 467 cm³/mol. The van der Waals surface area contributed by atoms with E-state index >= 15 is 0 Å². The second-order valence-corrected chi connectivity index (χ2v) is 32.8. The number of hydrogen-bond donors (Lipinski definition) is 0. The van der Waals surface area contributed by atoms with Gasteiger partial charge >= 0.3 is 0 Å². The molecule has 0 atom stereocenters. The van der Waals surface area contributed by atoms with Gasteiger partial charge in [0.2, 0.25) is 0 Å². The molecule has 4 aromatic heterocycles. The Morgan fingerprint density at radius 2 is 0.611 bits per heavy atom. The fourth-order valence-corrected chi connectivity index (χ4v) is 23.0. The van der Waals surface area contributed by atoms with Crippen LogP contribution < -0.4 is 62.0 Å². The topological polar surface area (TPSA) is 25.4 Å². The lowest BCUT2D eigenvalue weighted by atomic mass is 9.30. The maximum atomic E-state index is 7.59. The first kappa shape index (κ1) is 60.6. The SMILES string of the molecule is c1ccc(N2c3cc4c(cc3B3c5ccccc5N(c5cccc6sc7ccccc7c56)c5cc(N(c6ccccc6)c6cccc7sc8ccccc8c67)cc2c53)B2c3ccccc3Oc3cc(N(c5ccccc5)c5cccc6sc7ccccc7c56)cc(c32)N4c2cccc3sc4ccccc4c23)cc1. The molecule has 0 saturated carbocycles. The van der Waals surface area contributed by atoms with Gasteiger partial charge in [0.25, 0.3) is 13.4 Å². The number of benzene rings is 16. The zero-order chi connectivity index (χ0) is 70.4. The van der Waals surface area contributed by atoms with Crippen molar-refractivity contribution in [2.45, 2.75) is 0 Å². The molecule has 24 rings (SSSR count). The van der Waals surface area contributed by atoms with Crippen LogP contribution in [-0.4, -0.2) is 13.4 Å². The maximum Gasteiger partial charge on any atom is 0.256 e. The molecular formula is C96H57B2N5OS4. The van der Waals surface area contributed by atoms with E-state index in [1.807, 2.05) is 45.3 Å². The summed E-state index contributed by atoms with van der Waals surface area (Å²) in [5.41, 5.74) is 23.6. The Bertz CT molecular complexity index is 7200. The molecule has 108 heavy (non-hydrogen) atoms. The normalized spacial score (nSPS) is 13.2. The van der Waals surface area contributed by atoms with Crippen molar-refractivity contribution >= 4 is 258 Å². The minimum atomic E-state index is -0.248. The van der Waals surface area contributed by atoms with E-state index in [2.05, 4.69) is 370 Å². The predicted octanol–water partition coefficient (Wildman–Crippen LogP) is 24.6. The van der Waals surface area contributed by atoms with Gasteiger partial charge in [-0.15, -0.1) is 45.3 Å². The largest absolute Gasteiger partial charge is 0.458 e. The van der Waals surface area contributed by atoms with Crippen molar-refractivity contribution in [2.24, 2.45) is 0 Å². The molecular weight excluding hydrogens is 1390 g/mol. The Morgan fingerprint density at radius 1 is 0.231 bits per heavy atom. The number of ether oxygens (including phenoxy) is 1. The Balaban J connectivity index is 0.831. The van der Waals surface area contributed by atoms with E-state index in [4.69, 9.17) is 4.74 Å². The fourth-order valence-electron chi connectivity index (χ4n) is 18.5. The van der Waals surface area contributed by atoms with Gasteiger partial charge in [-0.25, -0.2) is 0 Å². The summed E-state index contributed by atoms with van der Waals surface area (Å²) in [5.74, 6) is 1.69. The third kappa shape index (κ3) is 8.76. The number of thiophene rings is 4. The second-order valence-electron chi connectivity index (χ2n) is 28.5. The zero-order valence-corrected chi connectivity index (χ0v) is 61.1. The van der Waals surface area contributed by atoms with E-state index in [0.717, 1.165) is 108 Å². The monoisotopic (exact) mass is 1450 g/mol. The van der Waals surface area contributed by atoms with Crippen LogP contribution in [0.1, 0.15) is 0 Å². The van der Waals surface area contributed by atoms with E-state index in [0.29, 0.717) is 0 Å². The van der Waals surface area contributed by atoms with Gasteiger partial charge in [-0.2, -0.15) is 0 Å². The van der Waals surface area contributed by atoms with Gasteiger partial charge in [-0.05, 0) is 178 Å². The molecule has 4 aliphatic heterocycles. The van der Waals surface area contributed by atoms with Crippen molar-refractivity contribution in [1.29, 1.82) is 0 Å². The summed E-state index contributed by atoms with van der Waals surface area (Å²) in [7, 11) is 0. The Labute approximate surface area is 639 Å². The minimum absolute atomic E-state index is 0.240. The highest BCUT2D eigenvalue weighted by atomic mass is 32.1. The molecule has 0 fully saturated rings. The first-order valence-corrected chi connectivity index (χ1v) is 40.0. The van der Waals surface area contributed by atoms with Crippen LogP contribution in [0.2, 0.25) is 0 Å². The number of para-hydroxylation sites is 5. The molecule has 6 nitrogen and oxygen atoms in total. The summed E-state index contributed by atoms with van der Waals surface area (Å²) in [5, 5.41) is 9.89. The number of fused-ring (bicyclic) bond motifs is 20. The molecule has 12 heteroatoms. The Kier molecular flexibility index (Phi) is 13.1. The molecule has 8 heterocycles. The molecule has 20 aromatic rings. The molecule has 502 valence electrons.